The van der Waals surface area contributed by atoms with Crippen LogP contribution < -0.4 is 10.1 Å². The zero-order valence-electron chi connectivity index (χ0n) is 8.89. The molecule has 0 radical (unpaired) electrons. The maximum atomic E-state index is 13.8. The van der Waals surface area contributed by atoms with Crippen LogP contribution in [0.5, 0.6) is 11.5 Å². The number of hydrogen-bond acceptors (Lipinski definition) is 3. The molecule has 1 unspecified atom stereocenters. The van der Waals surface area contributed by atoms with E-state index in [1.54, 1.807) is 6.07 Å². The van der Waals surface area contributed by atoms with Gasteiger partial charge < -0.3 is 15.2 Å². The zero-order valence-corrected chi connectivity index (χ0v) is 10.5. The highest BCUT2D eigenvalue weighted by atomic mass is 79.9. The lowest BCUT2D eigenvalue weighted by molar-refractivity contribution is 0.358. The van der Waals surface area contributed by atoms with E-state index in [4.69, 9.17) is 4.74 Å². The molecule has 1 heterocycles. The Morgan fingerprint density at radius 1 is 1.62 bits per heavy atom. The van der Waals surface area contributed by atoms with E-state index in [0.717, 1.165) is 19.5 Å². The van der Waals surface area contributed by atoms with Gasteiger partial charge in [0.1, 0.15) is 0 Å². The molecule has 88 valence electrons. The number of rotatable bonds is 2. The van der Waals surface area contributed by atoms with E-state index in [2.05, 4.69) is 21.2 Å². The Kier molecular flexibility index (Phi) is 3.35. The topological polar surface area (TPSA) is 41.5 Å². The first-order valence-electron chi connectivity index (χ1n) is 5.10. The van der Waals surface area contributed by atoms with Crippen molar-refractivity contribution in [2.24, 2.45) is 0 Å². The number of nitrogens with one attached hydrogen (secondary N) is 1. The third kappa shape index (κ3) is 1.89. The van der Waals surface area contributed by atoms with Gasteiger partial charge in [-0.15, -0.1) is 0 Å². The molecule has 0 aromatic heterocycles. The first-order valence-corrected chi connectivity index (χ1v) is 5.90. The summed E-state index contributed by atoms with van der Waals surface area (Å²) >= 11 is 3.24. The van der Waals surface area contributed by atoms with Gasteiger partial charge in [0.15, 0.2) is 11.5 Å². The summed E-state index contributed by atoms with van der Waals surface area (Å²) in [5.74, 6) is -0.781. The molecule has 5 heteroatoms. The summed E-state index contributed by atoms with van der Waals surface area (Å²) < 4.78 is 19.2. The van der Waals surface area contributed by atoms with Crippen molar-refractivity contribution in [1.82, 2.24) is 5.32 Å². The molecule has 16 heavy (non-hydrogen) atoms. The lowest BCUT2D eigenvalue weighted by Gasteiger charge is -2.14. The summed E-state index contributed by atoms with van der Waals surface area (Å²) in [7, 11) is 1.37. The van der Waals surface area contributed by atoms with E-state index < -0.39 is 5.82 Å². The second-order valence-corrected chi connectivity index (χ2v) is 4.69. The van der Waals surface area contributed by atoms with Crippen molar-refractivity contribution in [2.75, 3.05) is 20.2 Å². The Morgan fingerprint density at radius 3 is 2.94 bits per heavy atom. The van der Waals surface area contributed by atoms with Crippen molar-refractivity contribution in [2.45, 2.75) is 12.3 Å². The van der Waals surface area contributed by atoms with E-state index in [1.807, 2.05) is 0 Å². The Hall–Kier alpha value is -0.810. The number of methoxy groups -OCH3 is 1. The monoisotopic (exact) mass is 289 g/mol. The molecule has 1 aromatic carbocycles. The van der Waals surface area contributed by atoms with Gasteiger partial charge in [0, 0.05) is 18.0 Å². The predicted octanol–water partition coefficient (Wildman–Crippen LogP) is 2.38. The normalized spacial score (nSPS) is 20.1. The van der Waals surface area contributed by atoms with Crippen LogP contribution in [-0.4, -0.2) is 25.3 Å². The average molecular weight is 290 g/mol. The largest absolute Gasteiger partial charge is 0.505 e. The lowest BCUT2D eigenvalue weighted by Crippen LogP contribution is -2.08. The van der Waals surface area contributed by atoms with Crippen LogP contribution in [0.2, 0.25) is 0 Å². The van der Waals surface area contributed by atoms with Crippen LogP contribution in [0.15, 0.2) is 10.5 Å². The Balaban J connectivity index is 2.46. The summed E-state index contributed by atoms with van der Waals surface area (Å²) in [4.78, 5) is 0. The number of ether oxygens (including phenoxy) is 1. The van der Waals surface area contributed by atoms with Crippen molar-refractivity contribution in [3.8, 4) is 11.5 Å². The molecule has 1 aliphatic rings. The molecule has 1 aliphatic heterocycles. The van der Waals surface area contributed by atoms with Crippen LogP contribution >= 0.6 is 15.9 Å². The Labute approximate surface area is 102 Å². The van der Waals surface area contributed by atoms with Crippen molar-refractivity contribution < 1.29 is 14.2 Å². The number of phenols is 1. The first kappa shape index (κ1) is 11.7. The third-order valence-corrected chi connectivity index (χ3v) is 3.47. The molecular formula is C11H13BrFNO2. The summed E-state index contributed by atoms with van der Waals surface area (Å²) in [5.41, 5.74) is 0.634. The van der Waals surface area contributed by atoms with Crippen molar-refractivity contribution in [3.63, 3.8) is 0 Å². The molecule has 0 bridgehead atoms. The van der Waals surface area contributed by atoms with Gasteiger partial charge in [-0.05, 0) is 35.0 Å². The molecule has 2 rings (SSSR count). The van der Waals surface area contributed by atoms with Gasteiger partial charge in [-0.3, -0.25) is 0 Å². The van der Waals surface area contributed by atoms with Crippen LogP contribution in [0, 0.1) is 5.82 Å². The van der Waals surface area contributed by atoms with Crippen LogP contribution in [0.1, 0.15) is 17.9 Å². The minimum absolute atomic E-state index is 0.0483. The molecule has 2 N–H and O–H groups in total. The minimum atomic E-state index is -0.696. The lowest BCUT2D eigenvalue weighted by atomic mass is 9.97. The molecule has 1 atom stereocenters. The molecular weight excluding hydrogens is 277 g/mol. The second kappa shape index (κ2) is 4.59. The SMILES string of the molecule is COc1c(Br)cc(C2CCNC2)c(O)c1F. The highest BCUT2D eigenvalue weighted by molar-refractivity contribution is 9.10. The maximum Gasteiger partial charge on any atom is 0.208 e. The van der Waals surface area contributed by atoms with E-state index in [0.29, 0.717) is 10.0 Å². The van der Waals surface area contributed by atoms with E-state index in [-0.39, 0.29) is 17.4 Å². The molecule has 1 fully saturated rings. The van der Waals surface area contributed by atoms with Crippen LogP contribution in [-0.2, 0) is 0 Å². The van der Waals surface area contributed by atoms with E-state index in [1.165, 1.54) is 7.11 Å². The Bertz CT molecular complexity index is 405. The number of aromatic hydroxyl groups is 1. The van der Waals surface area contributed by atoms with Gasteiger partial charge in [-0.2, -0.15) is 4.39 Å². The number of hydrogen-bond donors (Lipinski definition) is 2. The van der Waals surface area contributed by atoms with E-state index in [9.17, 15) is 9.50 Å². The summed E-state index contributed by atoms with van der Waals surface area (Å²) in [6.45, 7) is 1.67. The minimum Gasteiger partial charge on any atom is -0.505 e. The molecule has 0 saturated carbocycles. The molecule has 0 aliphatic carbocycles. The maximum absolute atomic E-state index is 13.8. The van der Waals surface area contributed by atoms with Crippen molar-refractivity contribution in [3.05, 3.63) is 21.9 Å². The predicted molar refractivity (Wildman–Crippen MR) is 62.5 cm³/mol. The van der Waals surface area contributed by atoms with Gasteiger partial charge in [0.2, 0.25) is 5.82 Å². The van der Waals surface area contributed by atoms with Gasteiger partial charge in [0.05, 0.1) is 11.6 Å². The highest BCUT2D eigenvalue weighted by Crippen LogP contribution is 2.40. The van der Waals surface area contributed by atoms with Gasteiger partial charge in [0.25, 0.3) is 0 Å². The fourth-order valence-electron chi connectivity index (χ4n) is 2.03. The number of halogens is 2. The fraction of sp³-hybridized carbons (Fsp3) is 0.455. The second-order valence-electron chi connectivity index (χ2n) is 3.83. The smallest absolute Gasteiger partial charge is 0.208 e. The standard InChI is InChI=1S/C11H13BrFNO2/c1-16-11-8(12)4-7(10(15)9(11)13)6-2-3-14-5-6/h4,6,14-15H,2-3,5H2,1H3. The summed E-state index contributed by atoms with van der Waals surface area (Å²) in [6.07, 6.45) is 0.909. The van der Waals surface area contributed by atoms with Gasteiger partial charge in [-0.25, -0.2) is 0 Å². The van der Waals surface area contributed by atoms with Crippen molar-refractivity contribution in [1.29, 1.82) is 0 Å². The third-order valence-electron chi connectivity index (χ3n) is 2.88. The molecule has 0 spiro atoms. The van der Waals surface area contributed by atoms with Gasteiger partial charge in [-0.1, -0.05) is 0 Å². The van der Waals surface area contributed by atoms with Gasteiger partial charge >= 0.3 is 0 Å². The van der Waals surface area contributed by atoms with E-state index >= 15 is 0 Å². The number of phenolic OH excluding ortho intramolecular Hbond substituents is 1. The van der Waals surface area contributed by atoms with Crippen molar-refractivity contribution >= 4 is 15.9 Å². The Morgan fingerprint density at radius 2 is 2.38 bits per heavy atom. The molecule has 3 nitrogen and oxygen atoms in total. The molecule has 1 aromatic rings. The van der Waals surface area contributed by atoms with Crippen LogP contribution in [0.25, 0.3) is 0 Å². The first-order chi connectivity index (χ1) is 7.65. The summed E-state index contributed by atoms with van der Waals surface area (Å²) in [6, 6.07) is 1.73. The number of benzene rings is 1. The fourth-order valence-corrected chi connectivity index (χ4v) is 2.61. The van der Waals surface area contributed by atoms with Crippen LogP contribution in [0.4, 0.5) is 4.39 Å². The molecule has 0 amide bonds. The quantitative estimate of drug-likeness (QED) is 0.878. The zero-order chi connectivity index (χ0) is 11.7. The molecule has 1 saturated heterocycles. The summed E-state index contributed by atoms with van der Waals surface area (Å²) in [5, 5.41) is 13.0. The van der Waals surface area contributed by atoms with Crippen LogP contribution in [0.3, 0.4) is 0 Å². The highest BCUT2D eigenvalue weighted by Gasteiger charge is 2.25. The average Bonchev–Trinajstić information content (AvgIpc) is 2.77.